The largest absolute Gasteiger partial charge is 0.496 e. The highest BCUT2D eigenvalue weighted by Crippen LogP contribution is 2.41. The van der Waals surface area contributed by atoms with Crippen LogP contribution in [0.2, 0.25) is 0 Å². The summed E-state index contributed by atoms with van der Waals surface area (Å²) in [5, 5.41) is 0. The maximum absolute atomic E-state index is 12.6. The number of carbonyl (C=O) groups excluding carboxylic acids is 1. The molecule has 3 nitrogen and oxygen atoms in total. The van der Waals surface area contributed by atoms with Gasteiger partial charge in [0.05, 0.1) is 13.2 Å². The fraction of sp³-hybridized carbons (Fsp3) is 0.562. The third-order valence-corrected chi connectivity index (χ3v) is 5.03. The van der Waals surface area contributed by atoms with Crippen LogP contribution in [-0.4, -0.2) is 24.5 Å². The molecule has 1 aromatic rings. The summed E-state index contributed by atoms with van der Waals surface area (Å²) >= 11 is 3.52. The smallest absolute Gasteiger partial charge is 0.226 e. The number of methoxy groups -OCH3 is 1. The monoisotopic (exact) mass is 337 g/mol. The van der Waals surface area contributed by atoms with E-state index in [9.17, 15) is 4.79 Å². The number of carbonyl (C=O) groups is 1. The molecular formula is C16H20BrNO2. The molecule has 1 aliphatic carbocycles. The zero-order chi connectivity index (χ0) is 14.1. The van der Waals surface area contributed by atoms with Gasteiger partial charge in [-0.2, -0.15) is 0 Å². The minimum Gasteiger partial charge on any atom is -0.496 e. The van der Waals surface area contributed by atoms with E-state index in [-0.39, 0.29) is 12.0 Å². The average Bonchev–Trinajstić information content (AvgIpc) is 2.85. The summed E-state index contributed by atoms with van der Waals surface area (Å²) < 4.78 is 6.52. The standard InChI is InChI=1S/C16H20BrNO2/c1-20-15-8-7-12(17)10-13(15)14-6-3-9-18(14)16(19)11-4-2-5-11/h7-8,10-11,14H,2-6,9H2,1H3. The number of hydrogen-bond donors (Lipinski definition) is 0. The Labute approximate surface area is 128 Å². The van der Waals surface area contributed by atoms with E-state index in [1.807, 2.05) is 12.1 Å². The molecule has 1 aliphatic heterocycles. The number of amides is 1. The molecule has 1 aromatic carbocycles. The van der Waals surface area contributed by atoms with Gasteiger partial charge in [-0.05, 0) is 43.9 Å². The third kappa shape index (κ3) is 2.46. The summed E-state index contributed by atoms with van der Waals surface area (Å²) in [5.41, 5.74) is 1.13. The van der Waals surface area contributed by atoms with E-state index in [0.717, 1.165) is 48.0 Å². The molecule has 1 heterocycles. The van der Waals surface area contributed by atoms with Crippen molar-refractivity contribution in [1.82, 2.24) is 4.90 Å². The van der Waals surface area contributed by atoms with Crippen LogP contribution in [0.25, 0.3) is 0 Å². The number of benzene rings is 1. The molecule has 3 rings (SSSR count). The molecule has 1 saturated carbocycles. The molecule has 0 spiro atoms. The van der Waals surface area contributed by atoms with Gasteiger partial charge in [0, 0.05) is 22.5 Å². The first-order valence-corrected chi connectivity index (χ1v) is 8.14. The van der Waals surface area contributed by atoms with Gasteiger partial charge in [-0.1, -0.05) is 22.4 Å². The first kappa shape index (κ1) is 13.9. The first-order valence-electron chi connectivity index (χ1n) is 7.34. The van der Waals surface area contributed by atoms with Crippen molar-refractivity contribution in [2.24, 2.45) is 5.92 Å². The number of ether oxygens (including phenoxy) is 1. The molecule has 0 radical (unpaired) electrons. The van der Waals surface area contributed by atoms with E-state index in [2.05, 4.69) is 26.9 Å². The van der Waals surface area contributed by atoms with Crippen LogP contribution >= 0.6 is 15.9 Å². The second-order valence-electron chi connectivity index (χ2n) is 5.70. The molecule has 0 aromatic heterocycles. The Balaban J connectivity index is 1.88. The Morgan fingerprint density at radius 1 is 1.30 bits per heavy atom. The second kappa shape index (κ2) is 5.76. The van der Waals surface area contributed by atoms with Gasteiger partial charge in [0.2, 0.25) is 5.91 Å². The third-order valence-electron chi connectivity index (χ3n) is 4.54. The number of rotatable bonds is 3. The highest BCUT2D eigenvalue weighted by Gasteiger charge is 2.37. The predicted octanol–water partition coefficient (Wildman–Crippen LogP) is 3.92. The van der Waals surface area contributed by atoms with Crippen LogP contribution < -0.4 is 4.74 Å². The Morgan fingerprint density at radius 3 is 2.75 bits per heavy atom. The molecule has 2 aliphatic rings. The van der Waals surface area contributed by atoms with Gasteiger partial charge < -0.3 is 9.64 Å². The van der Waals surface area contributed by atoms with E-state index in [1.54, 1.807) is 7.11 Å². The molecule has 1 saturated heterocycles. The Hall–Kier alpha value is -1.03. The van der Waals surface area contributed by atoms with Crippen molar-refractivity contribution in [2.75, 3.05) is 13.7 Å². The van der Waals surface area contributed by atoms with Crippen LogP contribution in [0.5, 0.6) is 5.75 Å². The van der Waals surface area contributed by atoms with Gasteiger partial charge in [-0.25, -0.2) is 0 Å². The fourth-order valence-electron chi connectivity index (χ4n) is 3.21. The summed E-state index contributed by atoms with van der Waals surface area (Å²) in [6, 6.07) is 6.23. The van der Waals surface area contributed by atoms with Crippen molar-refractivity contribution in [1.29, 1.82) is 0 Å². The van der Waals surface area contributed by atoms with E-state index in [4.69, 9.17) is 4.74 Å². The Morgan fingerprint density at radius 2 is 2.10 bits per heavy atom. The number of hydrogen-bond acceptors (Lipinski definition) is 2. The van der Waals surface area contributed by atoms with Gasteiger partial charge in [-0.3, -0.25) is 4.79 Å². The van der Waals surface area contributed by atoms with E-state index in [1.165, 1.54) is 6.42 Å². The maximum atomic E-state index is 12.6. The van der Waals surface area contributed by atoms with Gasteiger partial charge in [0.25, 0.3) is 0 Å². The lowest BCUT2D eigenvalue weighted by Crippen LogP contribution is -2.38. The second-order valence-corrected chi connectivity index (χ2v) is 6.62. The van der Waals surface area contributed by atoms with Gasteiger partial charge >= 0.3 is 0 Å². The lowest BCUT2D eigenvalue weighted by Gasteiger charge is -2.33. The molecule has 0 N–H and O–H groups in total. The molecule has 1 unspecified atom stereocenters. The molecule has 2 fully saturated rings. The highest BCUT2D eigenvalue weighted by atomic mass is 79.9. The molecule has 1 atom stereocenters. The summed E-state index contributed by atoms with van der Waals surface area (Å²) in [6.45, 7) is 0.885. The van der Waals surface area contributed by atoms with Crippen LogP contribution in [0.4, 0.5) is 0 Å². The zero-order valence-corrected chi connectivity index (χ0v) is 13.4. The topological polar surface area (TPSA) is 29.5 Å². The molecule has 0 bridgehead atoms. The predicted molar refractivity (Wildman–Crippen MR) is 81.7 cm³/mol. The average molecular weight is 338 g/mol. The summed E-state index contributed by atoms with van der Waals surface area (Å²) in [4.78, 5) is 14.6. The summed E-state index contributed by atoms with van der Waals surface area (Å²) in [6.07, 6.45) is 5.45. The SMILES string of the molecule is COc1ccc(Br)cc1C1CCCN1C(=O)C1CCC1. The Bertz CT molecular complexity index is 513. The highest BCUT2D eigenvalue weighted by molar-refractivity contribution is 9.10. The van der Waals surface area contributed by atoms with Crippen molar-refractivity contribution >= 4 is 21.8 Å². The van der Waals surface area contributed by atoms with Crippen molar-refractivity contribution < 1.29 is 9.53 Å². The van der Waals surface area contributed by atoms with Gasteiger partial charge in [0.15, 0.2) is 0 Å². The minimum atomic E-state index is 0.176. The molecular weight excluding hydrogens is 318 g/mol. The first-order chi connectivity index (χ1) is 9.70. The van der Waals surface area contributed by atoms with Crippen molar-refractivity contribution in [2.45, 2.75) is 38.1 Å². The van der Waals surface area contributed by atoms with Crippen LogP contribution in [0.3, 0.4) is 0 Å². The quantitative estimate of drug-likeness (QED) is 0.836. The molecule has 4 heteroatoms. The maximum Gasteiger partial charge on any atom is 0.226 e. The summed E-state index contributed by atoms with van der Waals surface area (Å²) in [5.74, 6) is 1.50. The van der Waals surface area contributed by atoms with Crippen molar-refractivity contribution in [3.63, 3.8) is 0 Å². The fourth-order valence-corrected chi connectivity index (χ4v) is 3.59. The zero-order valence-electron chi connectivity index (χ0n) is 11.8. The lowest BCUT2D eigenvalue weighted by atomic mass is 9.84. The van der Waals surface area contributed by atoms with Crippen LogP contribution in [-0.2, 0) is 4.79 Å². The molecule has 1 amide bonds. The van der Waals surface area contributed by atoms with E-state index >= 15 is 0 Å². The van der Waals surface area contributed by atoms with E-state index < -0.39 is 0 Å². The van der Waals surface area contributed by atoms with Crippen LogP contribution in [0.1, 0.15) is 43.7 Å². The molecule has 108 valence electrons. The van der Waals surface area contributed by atoms with Crippen molar-refractivity contribution in [3.05, 3.63) is 28.2 Å². The Kier molecular flexibility index (Phi) is 4.01. The van der Waals surface area contributed by atoms with Crippen molar-refractivity contribution in [3.8, 4) is 5.75 Å². The van der Waals surface area contributed by atoms with Gasteiger partial charge in [-0.15, -0.1) is 0 Å². The van der Waals surface area contributed by atoms with Gasteiger partial charge in [0.1, 0.15) is 5.75 Å². The van der Waals surface area contributed by atoms with Crippen LogP contribution in [0, 0.1) is 5.92 Å². The van der Waals surface area contributed by atoms with E-state index in [0.29, 0.717) is 5.91 Å². The number of nitrogens with zero attached hydrogens (tertiary/aromatic N) is 1. The minimum absolute atomic E-state index is 0.176. The number of halogens is 1. The lowest BCUT2D eigenvalue weighted by molar-refractivity contribution is -0.139. The van der Waals surface area contributed by atoms with Crippen LogP contribution in [0.15, 0.2) is 22.7 Å². The number of likely N-dealkylation sites (tertiary alicyclic amines) is 1. The summed E-state index contributed by atoms with van der Waals surface area (Å²) in [7, 11) is 1.69. The normalized spacial score (nSPS) is 22.7. The molecule has 20 heavy (non-hydrogen) atoms.